The van der Waals surface area contributed by atoms with E-state index in [1.54, 1.807) is 22.7 Å². The predicted octanol–water partition coefficient (Wildman–Crippen LogP) is 2.26. The molecule has 1 saturated heterocycles. The number of anilines is 1. The summed E-state index contributed by atoms with van der Waals surface area (Å²) in [6, 6.07) is 2.10. The van der Waals surface area contributed by atoms with Crippen molar-refractivity contribution in [3.63, 3.8) is 0 Å². The Hall–Kier alpha value is -1.48. The summed E-state index contributed by atoms with van der Waals surface area (Å²) in [5.41, 5.74) is 2.22. The molecule has 0 atom stereocenters. The zero-order chi connectivity index (χ0) is 14.8. The number of hydrogen-bond acceptors (Lipinski definition) is 7. The van der Waals surface area contributed by atoms with Crippen molar-refractivity contribution in [2.45, 2.75) is 0 Å². The van der Waals surface area contributed by atoms with Crippen LogP contribution in [0.1, 0.15) is 0 Å². The second-order valence-electron chi connectivity index (χ2n) is 5.14. The lowest BCUT2D eigenvalue weighted by Crippen LogP contribution is -2.39. The van der Waals surface area contributed by atoms with Gasteiger partial charge in [0.25, 0.3) is 0 Å². The van der Waals surface area contributed by atoms with Crippen LogP contribution in [-0.4, -0.2) is 58.9 Å². The van der Waals surface area contributed by atoms with Crippen LogP contribution in [0.25, 0.3) is 16.2 Å². The maximum atomic E-state index is 5.36. The van der Waals surface area contributed by atoms with Gasteiger partial charge in [0.2, 0.25) is 10.1 Å². The maximum Gasteiger partial charge on any atom is 0.214 e. The SMILES string of the molecule is c1cc(-c2cnc3sc(NCCN4CCOCC4)nn23)cs1. The number of nitrogens with one attached hydrogen (secondary N) is 1. The molecular weight excluding hydrogens is 318 g/mol. The predicted molar refractivity (Wildman–Crippen MR) is 89.9 cm³/mol. The zero-order valence-corrected chi connectivity index (χ0v) is 13.7. The van der Waals surface area contributed by atoms with E-state index >= 15 is 0 Å². The number of rotatable bonds is 5. The van der Waals surface area contributed by atoms with Crippen LogP contribution in [0.5, 0.6) is 0 Å². The first-order valence-corrected chi connectivity index (χ1v) is 9.07. The molecule has 1 N–H and O–H groups in total. The van der Waals surface area contributed by atoms with E-state index in [0.717, 1.165) is 55.2 Å². The molecular formula is C14H17N5OS2. The van der Waals surface area contributed by atoms with Crippen molar-refractivity contribution in [2.24, 2.45) is 0 Å². The molecule has 22 heavy (non-hydrogen) atoms. The third kappa shape index (κ3) is 2.87. The van der Waals surface area contributed by atoms with Crippen molar-refractivity contribution in [3.05, 3.63) is 23.0 Å². The summed E-state index contributed by atoms with van der Waals surface area (Å²) in [6.45, 7) is 5.63. The number of hydrogen-bond donors (Lipinski definition) is 1. The van der Waals surface area contributed by atoms with Crippen molar-refractivity contribution in [1.29, 1.82) is 0 Å². The zero-order valence-electron chi connectivity index (χ0n) is 12.1. The molecule has 8 heteroatoms. The summed E-state index contributed by atoms with van der Waals surface area (Å²) in [4.78, 5) is 7.78. The van der Waals surface area contributed by atoms with Crippen molar-refractivity contribution < 1.29 is 4.74 Å². The third-order valence-corrected chi connectivity index (χ3v) is 5.27. The molecule has 0 unspecified atom stereocenters. The molecule has 3 aromatic heterocycles. The van der Waals surface area contributed by atoms with Gasteiger partial charge in [-0.1, -0.05) is 11.3 Å². The molecule has 0 radical (unpaired) electrons. The van der Waals surface area contributed by atoms with Gasteiger partial charge in [-0.15, -0.1) is 5.10 Å². The quantitative estimate of drug-likeness (QED) is 0.775. The van der Waals surface area contributed by atoms with Gasteiger partial charge in [0.05, 0.1) is 25.1 Å². The largest absolute Gasteiger partial charge is 0.379 e. The summed E-state index contributed by atoms with van der Waals surface area (Å²) in [5.74, 6) is 0. The van der Waals surface area contributed by atoms with Crippen molar-refractivity contribution in [1.82, 2.24) is 19.5 Å². The minimum atomic E-state index is 0.842. The summed E-state index contributed by atoms with van der Waals surface area (Å²) < 4.78 is 7.28. The molecule has 4 rings (SSSR count). The Morgan fingerprint density at radius 2 is 2.23 bits per heavy atom. The highest BCUT2D eigenvalue weighted by molar-refractivity contribution is 7.20. The first-order chi connectivity index (χ1) is 10.9. The fourth-order valence-corrected chi connectivity index (χ4v) is 3.97. The average Bonchev–Trinajstić information content (AvgIpc) is 3.24. The minimum absolute atomic E-state index is 0.842. The van der Waals surface area contributed by atoms with Crippen molar-refractivity contribution >= 4 is 32.8 Å². The Morgan fingerprint density at radius 3 is 3.05 bits per heavy atom. The van der Waals surface area contributed by atoms with Gasteiger partial charge in [0.1, 0.15) is 0 Å². The average molecular weight is 335 g/mol. The number of morpholine rings is 1. The lowest BCUT2D eigenvalue weighted by Gasteiger charge is -2.26. The highest BCUT2D eigenvalue weighted by atomic mass is 32.1. The van der Waals surface area contributed by atoms with Crippen molar-refractivity contribution in [2.75, 3.05) is 44.7 Å². The van der Waals surface area contributed by atoms with Crippen LogP contribution >= 0.6 is 22.7 Å². The maximum absolute atomic E-state index is 5.36. The molecule has 4 heterocycles. The molecule has 6 nitrogen and oxygen atoms in total. The van der Waals surface area contributed by atoms with E-state index in [1.165, 1.54) is 5.56 Å². The van der Waals surface area contributed by atoms with Gasteiger partial charge in [-0.2, -0.15) is 11.3 Å². The van der Waals surface area contributed by atoms with Crippen LogP contribution in [0.15, 0.2) is 23.0 Å². The van der Waals surface area contributed by atoms with Gasteiger partial charge in [-0.3, -0.25) is 4.90 Å². The first-order valence-electron chi connectivity index (χ1n) is 7.31. The highest BCUT2D eigenvalue weighted by Crippen LogP contribution is 2.27. The fraction of sp³-hybridized carbons (Fsp3) is 0.429. The van der Waals surface area contributed by atoms with Gasteiger partial charge >= 0.3 is 0 Å². The molecule has 1 aliphatic heterocycles. The van der Waals surface area contributed by atoms with E-state index in [-0.39, 0.29) is 0 Å². The van der Waals surface area contributed by atoms with E-state index in [9.17, 15) is 0 Å². The van der Waals surface area contributed by atoms with E-state index in [1.807, 2.05) is 10.7 Å². The number of aromatic nitrogens is 3. The van der Waals surface area contributed by atoms with Gasteiger partial charge in [-0.05, 0) is 11.4 Å². The highest BCUT2D eigenvalue weighted by Gasteiger charge is 2.13. The Kier molecular flexibility index (Phi) is 4.07. The lowest BCUT2D eigenvalue weighted by molar-refractivity contribution is 0.0398. The van der Waals surface area contributed by atoms with Crippen LogP contribution in [0.2, 0.25) is 0 Å². The Balaban J connectivity index is 1.42. The lowest BCUT2D eigenvalue weighted by atomic mass is 10.3. The summed E-state index contributed by atoms with van der Waals surface area (Å²) in [7, 11) is 0. The number of thiophene rings is 1. The van der Waals surface area contributed by atoms with Crippen LogP contribution in [0.3, 0.4) is 0 Å². The molecule has 0 aromatic carbocycles. The minimum Gasteiger partial charge on any atom is -0.379 e. The second kappa shape index (κ2) is 6.33. The van der Waals surface area contributed by atoms with Crippen molar-refractivity contribution in [3.8, 4) is 11.3 Å². The number of ether oxygens (including phenoxy) is 1. The topological polar surface area (TPSA) is 54.7 Å². The number of nitrogens with zero attached hydrogens (tertiary/aromatic N) is 4. The Morgan fingerprint density at radius 1 is 1.32 bits per heavy atom. The molecule has 0 saturated carbocycles. The molecule has 1 fully saturated rings. The Bertz CT molecular complexity index is 730. The Labute approximate surface area is 136 Å². The summed E-state index contributed by atoms with van der Waals surface area (Å²) in [6.07, 6.45) is 1.89. The van der Waals surface area contributed by atoms with E-state index in [2.05, 4.69) is 37.1 Å². The smallest absolute Gasteiger partial charge is 0.214 e. The molecule has 0 aliphatic carbocycles. The van der Waals surface area contributed by atoms with Crippen LogP contribution < -0.4 is 5.32 Å². The standard InChI is InChI=1S/C14H17N5OS2/c1-8-21-10-11(1)12-9-16-14-19(12)17-13(22-14)15-2-3-18-4-6-20-7-5-18/h1,8-10H,2-7H2,(H,15,17). The molecule has 0 spiro atoms. The molecule has 116 valence electrons. The number of imidazole rings is 1. The molecule has 0 amide bonds. The van der Waals surface area contributed by atoms with E-state index in [0.29, 0.717) is 0 Å². The monoisotopic (exact) mass is 335 g/mol. The first kappa shape index (κ1) is 14.1. The normalized spacial score (nSPS) is 16.4. The van der Waals surface area contributed by atoms with Gasteiger partial charge in [-0.25, -0.2) is 9.50 Å². The van der Waals surface area contributed by atoms with Crippen LogP contribution in [0.4, 0.5) is 5.13 Å². The van der Waals surface area contributed by atoms with Crippen LogP contribution in [0, 0.1) is 0 Å². The molecule has 0 bridgehead atoms. The summed E-state index contributed by atoms with van der Waals surface area (Å²) in [5, 5.41) is 13.2. The third-order valence-electron chi connectivity index (χ3n) is 3.71. The van der Waals surface area contributed by atoms with E-state index in [4.69, 9.17) is 4.74 Å². The summed E-state index contributed by atoms with van der Waals surface area (Å²) >= 11 is 3.28. The fourth-order valence-electron chi connectivity index (χ4n) is 2.52. The number of fused-ring (bicyclic) bond motifs is 1. The molecule has 1 aliphatic rings. The second-order valence-corrected chi connectivity index (χ2v) is 6.87. The van der Waals surface area contributed by atoms with E-state index < -0.39 is 0 Å². The molecule has 3 aromatic rings. The van der Waals surface area contributed by atoms with Gasteiger partial charge in [0.15, 0.2) is 0 Å². The van der Waals surface area contributed by atoms with Gasteiger partial charge in [0, 0.05) is 37.1 Å². The van der Waals surface area contributed by atoms with Gasteiger partial charge < -0.3 is 10.1 Å². The van der Waals surface area contributed by atoms with Crippen LogP contribution in [-0.2, 0) is 4.74 Å².